The molecule has 0 aliphatic carbocycles. The third-order valence-electron chi connectivity index (χ3n) is 4.77. The van der Waals surface area contributed by atoms with Crippen LogP contribution in [0.2, 0.25) is 0 Å². The van der Waals surface area contributed by atoms with Crippen LogP contribution >= 0.6 is 12.2 Å². The first kappa shape index (κ1) is 19.7. The first-order valence-electron chi connectivity index (χ1n) is 9.57. The zero-order chi connectivity index (χ0) is 21.1. The Kier molecular flexibility index (Phi) is 5.50. The maximum absolute atomic E-state index is 6.02. The molecular formula is C24H21N5S. The van der Waals surface area contributed by atoms with Crippen molar-refractivity contribution in [2.75, 3.05) is 0 Å². The quantitative estimate of drug-likeness (QED) is 0.315. The molecule has 0 spiro atoms. The SMILES string of the molecule is Cc1ccc(N=Nc2c(-c3ccccc3)nn(C(N)=S)c2-c2ccccc2)c(C)c1. The highest BCUT2D eigenvalue weighted by Crippen LogP contribution is 2.40. The summed E-state index contributed by atoms with van der Waals surface area (Å²) in [7, 11) is 0. The number of aryl methyl sites for hydroxylation is 2. The Morgan fingerprint density at radius 1 is 0.867 bits per heavy atom. The first-order valence-corrected chi connectivity index (χ1v) is 9.98. The minimum atomic E-state index is 0.152. The minimum Gasteiger partial charge on any atom is -0.374 e. The summed E-state index contributed by atoms with van der Waals surface area (Å²) in [6.45, 7) is 4.08. The van der Waals surface area contributed by atoms with Crippen molar-refractivity contribution in [1.82, 2.24) is 9.78 Å². The summed E-state index contributed by atoms with van der Waals surface area (Å²) in [6.07, 6.45) is 0. The van der Waals surface area contributed by atoms with Crippen LogP contribution in [0.25, 0.3) is 22.5 Å². The van der Waals surface area contributed by atoms with Gasteiger partial charge in [0.1, 0.15) is 17.1 Å². The van der Waals surface area contributed by atoms with Crippen molar-refractivity contribution in [3.8, 4) is 22.5 Å². The summed E-state index contributed by atoms with van der Waals surface area (Å²) in [5.41, 5.74) is 12.9. The number of rotatable bonds is 4. The van der Waals surface area contributed by atoms with Gasteiger partial charge in [-0.2, -0.15) is 10.2 Å². The molecule has 4 rings (SSSR count). The van der Waals surface area contributed by atoms with Gasteiger partial charge in [-0.25, -0.2) is 4.68 Å². The number of hydrogen-bond donors (Lipinski definition) is 1. The van der Waals surface area contributed by atoms with E-state index in [1.807, 2.05) is 79.7 Å². The lowest BCUT2D eigenvalue weighted by molar-refractivity contribution is 0.951. The van der Waals surface area contributed by atoms with Gasteiger partial charge in [0.25, 0.3) is 0 Å². The van der Waals surface area contributed by atoms with E-state index in [-0.39, 0.29) is 5.11 Å². The Hall–Kier alpha value is -3.64. The largest absolute Gasteiger partial charge is 0.374 e. The predicted octanol–water partition coefficient (Wildman–Crippen LogP) is 6.34. The Labute approximate surface area is 180 Å². The molecule has 0 aliphatic heterocycles. The summed E-state index contributed by atoms with van der Waals surface area (Å²) < 4.78 is 1.56. The van der Waals surface area contributed by atoms with E-state index in [0.29, 0.717) is 11.4 Å². The van der Waals surface area contributed by atoms with Gasteiger partial charge >= 0.3 is 0 Å². The maximum atomic E-state index is 6.02. The van der Waals surface area contributed by atoms with Crippen LogP contribution in [0.5, 0.6) is 0 Å². The number of nitrogens with zero attached hydrogens (tertiary/aromatic N) is 4. The molecule has 4 aromatic rings. The van der Waals surface area contributed by atoms with Crippen molar-refractivity contribution in [2.45, 2.75) is 13.8 Å². The molecule has 0 saturated carbocycles. The summed E-state index contributed by atoms with van der Waals surface area (Å²) in [6, 6.07) is 25.8. The lowest BCUT2D eigenvalue weighted by atomic mass is 10.1. The van der Waals surface area contributed by atoms with Crippen molar-refractivity contribution in [1.29, 1.82) is 0 Å². The molecule has 1 heterocycles. The molecule has 6 heteroatoms. The normalized spacial score (nSPS) is 11.1. The Morgan fingerprint density at radius 2 is 1.50 bits per heavy atom. The second kappa shape index (κ2) is 8.39. The van der Waals surface area contributed by atoms with E-state index in [0.717, 1.165) is 28.1 Å². The van der Waals surface area contributed by atoms with Crippen molar-refractivity contribution in [3.05, 3.63) is 90.0 Å². The van der Waals surface area contributed by atoms with E-state index in [2.05, 4.69) is 23.2 Å². The molecule has 148 valence electrons. The molecule has 0 aliphatic rings. The van der Waals surface area contributed by atoms with Crippen LogP contribution in [-0.2, 0) is 0 Å². The second-order valence-corrected chi connectivity index (χ2v) is 7.44. The standard InChI is InChI=1S/C24H21N5S/c1-16-13-14-20(17(2)15-16)26-27-22-21(18-9-5-3-6-10-18)28-29(24(25)30)23(22)19-11-7-4-8-12-19/h3-15H,1-2H3,(H2,25,30). The lowest BCUT2D eigenvalue weighted by Crippen LogP contribution is -2.21. The second-order valence-electron chi connectivity index (χ2n) is 7.02. The number of thiocarbonyl (C=S) groups is 1. The fourth-order valence-electron chi connectivity index (χ4n) is 3.33. The number of benzene rings is 3. The van der Waals surface area contributed by atoms with Crippen molar-refractivity contribution >= 4 is 28.7 Å². The van der Waals surface area contributed by atoms with Gasteiger partial charge in [0, 0.05) is 11.1 Å². The molecule has 30 heavy (non-hydrogen) atoms. The van der Waals surface area contributed by atoms with Crippen molar-refractivity contribution < 1.29 is 0 Å². The van der Waals surface area contributed by atoms with Crippen LogP contribution in [0, 0.1) is 13.8 Å². The Bertz CT molecular complexity index is 1230. The molecule has 0 unspecified atom stereocenters. The number of aromatic nitrogens is 2. The van der Waals surface area contributed by atoms with Gasteiger partial charge in [-0.3, -0.25) is 0 Å². The van der Waals surface area contributed by atoms with E-state index < -0.39 is 0 Å². The van der Waals surface area contributed by atoms with E-state index in [1.165, 1.54) is 5.56 Å². The van der Waals surface area contributed by atoms with Crippen LogP contribution in [-0.4, -0.2) is 14.9 Å². The van der Waals surface area contributed by atoms with Gasteiger partial charge in [0.2, 0.25) is 0 Å². The zero-order valence-corrected chi connectivity index (χ0v) is 17.6. The van der Waals surface area contributed by atoms with Crippen LogP contribution in [0.4, 0.5) is 11.4 Å². The van der Waals surface area contributed by atoms with Gasteiger partial charge in [-0.1, -0.05) is 78.4 Å². The highest BCUT2D eigenvalue weighted by Gasteiger charge is 2.22. The molecule has 0 saturated heterocycles. The van der Waals surface area contributed by atoms with E-state index in [1.54, 1.807) is 4.68 Å². The first-order chi connectivity index (χ1) is 14.5. The van der Waals surface area contributed by atoms with Gasteiger partial charge in [0.05, 0.1) is 5.69 Å². The minimum absolute atomic E-state index is 0.152. The summed E-state index contributed by atoms with van der Waals surface area (Å²) in [5, 5.41) is 14.1. The molecular weight excluding hydrogens is 390 g/mol. The molecule has 0 bridgehead atoms. The van der Waals surface area contributed by atoms with Crippen LogP contribution < -0.4 is 5.73 Å². The fourth-order valence-corrected chi connectivity index (χ4v) is 3.46. The average molecular weight is 412 g/mol. The van der Waals surface area contributed by atoms with Crippen LogP contribution in [0.1, 0.15) is 11.1 Å². The van der Waals surface area contributed by atoms with Gasteiger partial charge in [0.15, 0.2) is 5.11 Å². The van der Waals surface area contributed by atoms with E-state index in [4.69, 9.17) is 23.1 Å². The summed E-state index contributed by atoms with van der Waals surface area (Å²) >= 11 is 5.29. The monoisotopic (exact) mass is 411 g/mol. The molecule has 2 N–H and O–H groups in total. The van der Waals surface area contributed by atoms with Crippen molar-refractivity contribution in [2.24, 2.45) is 16.0 Å². The Morgan fingerprint density at radius 3 is 2.10 bits per heavy atom. The highest BCUT2D eigenvalue weighted by atomic mass is 32.1. The maximum Gasteiger partial charge on any atom is 0.191 e. The molecule has 5 nitrogen and oxygen atoms in total. The van der Waals surface area contributed by atoms with Crippen molar-refractivity contribution in [3.63, 3.8) is 0 Å². The molecule has 0 atom stereocenters. The summed E-state index contributed by atoms with van der Waals surface area (Å²) in [5.74, 6) is 0. The third-order valence-corrected chi connectivity index (χ3v) is 4.95. The predicted molar refractivity (Wildman–Crippen MR) is 125 cm³/mol. The lowest BCUT2D eigenvalue weighted by Gasteiger charge is -2.06. The summed E-state index contributed by atoms with van der Waals surface area (Å²) in [4.78, 5) is 0. The number of nitrogens with two attached hydrogens (primary N) is 1. The van der Waals surface area contributed by atoms with E-state index in [9.17, 15) is 0 Å². The van der Waals surface area contributed by atoms with Gasteiger partial charge in [-0.15, -0.1) is 5.11 Å². The molecule has 0 amide bonds. The number of hydrogen-bond acceptors (Lipinski definition) is 4. The highest BCUT2D eigenvalue weighted by molar-refractivity contribution is 7.80. The number of azo groups is 1. The average Bonchev–Trinajstić information content (AvgIpc) is 3.14. The third kappa shape index (κ3) is 3.90. The van der Waals surface area contributed by atoms with Crippen LogP contribution in [0.15, 0.2) is 89.1 Å². The molecule has 3 aromatic carbocycles. The van der Waals surface area contributed by atoms with Crippen LogP contribution in [0.3, 0.4) is 0 Å². The van der Waals surface area contributed by atoms with Gasteiger partial charge in [-0.05, 0) is 37.7 Å². The topological polar surface area (TPSA) is 68.6 Å². The molecule has 0 fully saturated rings. The molecule has 0 radical (unpaired) electrons. The van der Waals surface area contributed by atoms with Gasteiger partial charge < -0.3 is 5.73 Å². The fraction of sp³-hybridized carbons (Fsp3) is 0.0833. The Balaban J connectivity index is 1.96. The molecule has 1 aromatic heterocycles. The zero-order valence-electron chi connectivity index (χ0n) is 16.8. The van der Waals surface area contributed by atoms with E-state index >= 15 is 0 Å². The smallest absolute Gasteiger partial charge is 0.191 e.